The number of hydrogen-bond donors (Lipinski definition) is 1. The van der Waals surface area contributed by atoms with Crippen LogP contribution in [0.15, 0.2) is 24.3 Å². The van der Waals surface area contributed by atoms with Crippen LogP contribution < -0.4 is 4.74 Å². The fourth-order valence-electron chi connectivity index (χ4n) is 3.63. The van der Waals surface area contributed by atoms with Gasteiger partial charge in [-0.3, -0.25) is 0 Å². The summed E-state index contributed by atoms with van der Waals surface area (Å²) in [6.07, 6.45) is 4.56. The number of hydrogen-bond acceptors (Lipinski definition) is 2. The molecule has 86 valence electrons. The van der Waals surface area contributed by atoms with Crippen LogP contribution >= 0.6 is 0 Å². The summed E-state index contributed by atoms with van der Waals surface area (Å²) in [5, 5.41) is 10.9. The molecule has 0 heterocycles. The number of fused-ring (bicyclic) bond motifs is 2. The molecule has 2 aliphatic rings. The Morgan fingerprint density at radius 1 is 1.31 bits per heavy atom. The number of ether oxygens (including phenoxy) is 1. The van der Waals surface area contributed by atoms with E-state index >= 15 is 0 Å². The van der Waals surface area contributed by atoms with Crippen molar-refractivity contribution in [2.24, 2.45) is 11.8 Å². The zero-order chi connectivity index (χ0) is 11.2. The van der Waals surface area contributed by atoms with Gasteiger partial charge in [-0.1, -0.05) is 18.2 Å². The average Bonchev–Trinajstić information content (AvgIpc) is 2.89. The van der Waals surface area contributed by atoms with Crippen LogP contribution in [0.3, 0.4) is 0 Å². The van der Waals surface area contributed by atoms with Gasteiger partial charge in [-0.2, -0.15) is 0 Å². The second-order valence-electron chi connectivity index (χ2n) is 5.20. The Bertz CT molecular complexity index is 401. The minimum atomic E-state index is -0.629. The summed E-state index contributed by atoms with van der Waals surface area (Å²) in [7, 11) is 1.68. The van der Waals surface area contributed by atoms with Gasteiger partial charge in [0.15, 0.2) is 0 Å². The Kier molecular flexibility index (Phi) is 2.21. The van der Waals surface area contributed by atoms with Crippen LogP contribution in [-0.2, 0) is 5.60 Å². The van der Waals surface area contributed by atoms with E-state index in [4.69, 9.17) is 4.74 Å². The molecular weight excluding hydrogens is 200 g/mol. The van der Waals surface area contributed by atoms with E-state index in [-0.39, 0.29) is 0 Å². The van der Waals surface area contributed by atoms with E-state index in [1.54, 1.807) is 7.11 Å². The predicted molar refractivity (Wildman–Crippen MR) is 62.3 cm³/mol. The molecule has 3 rings (SSSR count). The molecule has 2 heteroatoms. The SMILES string of the molecule is COc1ccccc1C1(O)CC2CCC1C2. The first kappa shape index (κ1) is 10.2. The Morgan fingerprint density at radius 3 is 2.75 bits per heavy atom. The summed E-state index contributed by atoms with van der Waals surface area (Å²) in [6.45, 7) is 0. The molecule has 16 heavy (non-hydrogen) atoms. The van der Waals surface area contributed by atoms with E-state index in [9.17, 15) is 5.11 Å². The van der Waals surface area contributed by atoms with E-state index in [1.165, 1.54) is 19.3 Å². The lowest BCUT2D eigenvalue weighted by Gasteiger charge is -2.33. The summed E-state index contributed by atoms with van der Waals surface area (Å²) in [5.41, 5.74) is 0.361. The first-order valence-corrected chi connectivity index (χ1v) is 6.10. The molecule has 0 saturated heterocycles. The van der Waals surface area contributed by atoms with Gasteiger partial charge in [0, 0.05) is 5.56 Å². The van der Waals surface area contributed by atoms with Crippen LogP contribution in [0.1, 0.15) is 31.2 Å². The highest BCUT2D eigenvalue weighted by molar-refractivity contribution is 5.39. The van der Waals surface area contributed by atoms with E-state index < -0.39 is 5.60 Å². The van der Waals surface area contributed by atoms with Gasteiger partial charge in [0.25, 0.3) is 0 Å². The summed E-state index contributed by atoms with van der Waals surface area (Å²) in [4.78, 5) is 0. The highest BCUT2D eigenvalue weighted by Crippen LogP contribution is 2.56. The molecule has 0 aromatic heterocycles. The molecular formula is C14H18O2. The van der Waals surface area contributed by atoms with Crippen molar-refractivity contribution < 1.29 is 9.84 Å². The quantitative estimate of drug-likeness (QED) is 0.827. The van der Waals surface area contributed by atoms with Crippen LogP contribution in [0.4, 0.5) is 0 Å². The van der Waals surface area contributed by atoms with E-state index in [0.717, 1.165) is 23.7 Å². The van der Waals surface area contributed by atoms with Crippen molar-refractivity contribution in [2.75, 3.05) is 7.11 Å². The number of para-hydroxylation sites is 1. The minimum Gasteiger partial charge on any atom is -0.496 e. The lowest BCUT2D eigenvalue weighted by molar-refractivity contribution is -0.0200. The van der Waals surface area contributed by atoms with Crippen LogP contribution in [-0.4, -0.2) is 12.2 Å². The van der Waals surface area contributed by atoms with Crippen LogP contribution in [0, 0.1) is 11.8 Å². The largest absolute Gasteiger partial charge is 0.496 e. The molecule has 1 aromatic carbocycles. The number of benzene rings is 1. The highest BCUT2D eigenvalue weighted by atomic mass is 16.5. The molecule has 2 saturated carbocycles. The fraction of sp³-hybridized carbons (Fsp3) is 0.571. The summed E-state index contributed by atoms with van der Waals surface area (Å²) in [6, 6.07) is 7.90. The van der Waals surface area contributed by atoms with Gasteiger partial charge < -0.3 is 9.84 Å². The van der Waals surface area contributed by atoms with Crippen molar-refractivity contribution in [2.45, 2.75) is 31.3 Å². The summed E-state index contributed by atoms with van der Waals surface area (Å²) < 4.78 is 5.37. The van der Waals surface area contributed by atoms with E-state index in [2.05, 4.69) is 0 Å². The Morgan fingerprint density at radius 2 is 2.12 bits per heavy atom. The molecule has 3 atom stereocenters. The molecule has 2 nitrogen and oxygen atoms in total. The molecule has 0 spiro atoms. The van der Waals surface area contributed by atoms with E-state index in [1.807, 2.05) is 24.3 Å². The van der Waals surface area contributed by atoms with Crippen molar-refractivity contribution in [3.63, 3.8) is 0 Å². The maximum absolute atomic E-state index is 10.9. The van der Waals surface area contributed by atoms with Crippen molar-refractivity contribution in [3.8, 4) is 5.75 Å². The zero-order valence-corrected chi connectivity index (χ0v) is 9.65. The Hall–Kier alpha value is -1.02. The van der Waals surface area contributed by atoms with Gasteiger partial charge in [0.1, 0.15) is 5.75 Å². The Labute approximate surface area is 96.2 Å². The number of rotatable bonds is 2. The zero-order valence-electron chi connectivity index (χ0n) is 9.65. The van der Waals surface area contributed by atoms with Gasteiger partial charge >= 0.3 is 0 Å². The molecule has 2 bridgehead atoms. The molecule has 2 fully saturated rings. The fourth-order valence-corrected chi connectivity index (χ4v) is 3.63. The summed E-state index contributed by atoms with van der Waals surface area (Å²) >= 11 is 0. The Balaban J connectivity index is 2.03. The lowest BCUT2D eigenvalue weighted by atomic mass is 9.78. The highest BCUT2D eigenvalue weighted by Gasteiger charge is 2.51. The first-order chi connectivity index (χ1) is 7.74. The molecule has 2 aliphatic carbocycles. The molecule has 0 aliphatic heterocycles. The second kappa shape index (κ2) is 3.49. The monoisotopic (exact) mass is 218 g/mol. The maximum atomic E-state index is 10.9. The normalized spacial score (nSPS) is 36.6. The molecule has 1 N–H and O–H groups in total. The second-order valence-corrected chi connectivity index (χ2v) is 5.20. The van der Waals surface area contributed by atoms with Crippen LogP contribution in [0.25, 0.3) is 0 Å². The van der Waals surface area contributed by atoms with E-state index in [0.29, 0.717) is 5.92 Å². The average molecular weight is 218 g/mol. The third-order valence-corrected chi connectivity index (χ3v) is 4.39. The summed E-state index contributed by atoms with van der Waals surface area (Å²) in [5.74, 6) is 1.99. The standard InChI is InChI=1S/C14H18O2/c1-16-13-5-3-2-4-12(13)14(15)9-10-6-7-11(14)8-10/h2-5,10-11,15H,6-9H2,1H3. The van der Waals surface area contributed by atoms with Gasteiger partial charge in [-0.05, 0) is 43.6 Å². The topological polar surface area (TPSA) is 29.5 Å². The number of aliphatic hydroxyl groups is 1. The first-order valence-electron chi connectivity index (χ1n) is 6.10. The van der Waals surface area contributed by atoms with Gasteiger partial charge in [-0.15, -0.1) is 0 Å². The molecule has 0 radical (unpaired) electrons. The number of methoxy groups -OCH3 is 1. The van der Waals surface area contributed by atoms with Crippen LogP contribution in [0.5, 0.6) is 5.75 Å². The van der Waals surface area contributed by atoms with Crippen molar-refractivity contribution in [1.82, 2.24) is 0 Å². The third-order valence-electron chi connectivity index (χ3n) is 4.39. The van der Waals surface area contributed by atoms with Gasteiger partial charge in [0.2, 0.25) is 0 Å². The van der Waals surface area contributed by atoms with Crippen LogP contribution in [0.2, 0.25) is 0 Å². The van der Waals surface area contributed by atoms with Gasteiger partial charge in [-0.25, -0.2) is 0 Å². The third kappa shape index (κ3) is 1.29. The predicted octanol–water partition coefficient (Wildman–Crippen LogP) is 2.70. The molecule has 3 unspecified atom stereocenters. The minimum absolute atomic E-state index is 0.439. The van der Waals surface area contributed by atoms with Gasteiger partial charge in [0.05, 0.1) is 12.7 Å². The molecule has 1 aromatic rings. The maximum Gasteiger partial charge on any atom is 0.124 e. The molecule has 0 amide bonds. The van der Waals surface area contributed by atoms with Crippen molar-refractivity contribution in [1.29, 1.82) is 0 Å². The van der Waals surface area contributed by atoms with Crippen molar-refractivity contribution in [3.05, 3.63) is 29.8 Å². The van der Waals surface area contributed by atoms with Crippen molar-refractivity contribution >= 4 is 0 Å². The smallest absolute Gasteiger partial charge is 0.124 e. The lowest BCUT2D eigenvalue weighted by Crippen LogP contribution is -2.32.